The minimum absolute atomic E-state index is 0.218. The van der Waals surface area contributed by atoms with Crippen molar-refractivity contribution in [3.05, 3.63) is 59.9 Å². The Bertz CT molecular complexity index is 719. The Kier molecular flexibility index (Phi) is 2.65. The SMILES string of the molecule is Oc1ccc(Cl)cc1-c1cccc2ccncc12. The monoisotopic (exact) mass is 255 g/mol. The number of phenols is 1. The summed E-state index contributed by atoms with van der Waals surface area (Å²) in [5.41, 5.74) is 1.65. The van der Waals surface area contributed by atoms with Gasteiger partial charge in [0, 0.05) is 28.4 Å². The number of halogens is 1. The Morgan fingerprint density at radius 2 is 1.89 bits per heavy atom. The molecule has 88 valence electrons. The van der Waals surface area contributed by atoms with Gasteiger partial charge < -0.3 is 5.11 Å². The highest BCUT2D eigenvalue weighted by Crippen LogP contribution is 2.35. The number of aromatic hydroxyl groups is 1. The summed E-state index contributed by atoms with van der Waals surface area (Å²) in [6.07, 6.45) is 3.55. The number of hydrogen-bond acceptors (Lipinski definition) is 2. The maximum Gasteiger partial charge on any atom is 0.123 e. The molecule has 0 saturated carbocycles. The van der Waals surface area contributed by atoms with Crippen LogP contribution in [0.25, 0.3) is 21.9 Å². The van der Waals surface area contributed by atoms with Crippen molar-refractivity contribution < 1.29 is 5.11 Å². The van der Waals surface area contributed by atoms with Crippen LogP contribution in [0.2, 0.25) is 5.02 Å². The topological polar surface area (TPSA) is 33.1 Å². The first-order chi connectivity index (χ1) is 8.75. The third-order valence-corrected chi connectivity index (χ3v) is 3.17. The van der Waals surface area contributed by atoms with Crippen molar-refractivity contribution in [2.24, 2.45) is 0 Å². The lowest BCUT2D eigenvalue weighted by Crippen LogP contribution is -1.83. The van der Waals surface area contributed by atoms with Crippen molar-refractivity contribution in [2.75, 3.05) is 0 Å². The number of rotatable bonds is 1. The number of pyridine rings is 1. The van der Waals surface area contributed by atoms with E-state index in [4.69, 9.17) is 11.6 Å². The van der Waals surface area contributed by atoms with Crippen molar-refractivity contribution in [3.63, 3.8) is 0 Å². The predicted molar refractivity (Wildman–Crippen MR) is 73.9 cm³/mol. The maximum atomic E-state index is 9.97. The van der Waals surface area contributed by atoms with E-state index < -0.39 is 0 Å². The summed E-state index contributed by atoms with van der Waals surface area (Å²) < 4.78 is 0. The van der Waals surface area contributed by atoms with Crippen molar-refractivity contribution in [1.29, 1.82) is 0 Å². The van der Waals surface area contributed by atoms with Gasteiger partial charge in [0.25, 0.3) is 0 Å². The highest BCUT2D eigenvalue weighted by Gasteiger charge is 2.08. The summed E-state index contributed by atoms with van der Waals surface area (Å²) in [6, 6.07) is 12.9. The Morgan fingerprint density at radius 3 is 2.78 bits per heavy atom. The molecule has 0 aliphatic carbocycles. The van der Waals surface area contributed by atoms with Gasteiger partial charge in [0.05, 0.1) is 0 Å². The molecule has 1 heterocycles. The summed E-state index contributed by atoms with van der Waals surface area (Å²) in [7, 11) is 0. The zero-order chi connectivity index (χ0) is 12.5. The van der Waals surface area contributed by atoms with Crippen LogP contribution in [-0.4, -0.2) is 10.1 Å². The Morgan fingerprint density at radius 1 is 1.00 bits per heavy atom. The molecule has 3 aromatic rings. The molecule has 2 nitrogen and oxygen atoms in total. The maximum absolute atomic E-state index is 9.97. The molecule has 0 bridgehead atoms. The fourth-order valence-corrected chi connectivity index (χ4v) is 2.24. The number of benzene rings is 2. The van der Waals surface area contributed by atoms with E-state index in [0.717, 1.165) is 21.9 Å². The zero-order valence-electron chi connectivity index (χ0n) is 9.47. The van der Waals surface area contributed by atoms with E-state index in [1.807, 2.05) is 24.3 Å². The molecule has 0 fully saturated rings. The molecule has 0 radical (unpaired) electrons. The summed E-state index contributed by atoms with van der Waals surface area (Å²) in [4.78, 5) is 4.14. The molecular weight excluding hydrogens is 246 g/mol. The van der Waals surface area contributed by atoms with Gasteiger partial charge in [-0.3, -0.25) is 4.98 Å². The summed E-state index contributed by atoms with van der Waals surface area (Å²) in [5, 5.41) is 12.7. The molecule has 0 aliphatic rings. The van der Waals surface area contributed by atoms with Crippen LogP contribution < -0.4 is 0 Å². The van der Waals surface area contributed by atoms with Gasteiger partial charge in [-0.1, -0.05) is 29.8 Å². The molecule has 3 rings (SSSR count). The van der Waals surface area contributed by atoms with E-state index in [1.54, 1.807) is 30.6 Å². The molecule has 0 atom stereocenters. The third-order valence-electron chi connectivity index (χ3n) is 2.93. The van der Waals surface area contributed by atoms with Gasteiger partial charge in [-0.05, 0) is 35.2 Å². The van der Waals surface area contributed by atoms with E-state index in [0.29, 0.717) is 5.02 Å². The summed E-state index contributed by atoms with van der Waals surface area (Å²) in [6.45, 7) is 0. The average Bonchev–Trinajstić information content (AvgIpc) is 2.41. The lowest BCUT2D eigenvalue weighted by atomic mass is 9.99. The first-order valence-corrected chi connectivity index (χ1v) is 5.95. The van der Waals surface area contributed by atoms with Gasteiger partial charge in [0.2, 0.25) is 0 Å². The van der Waals surface area contributed by atoms with Crippen LogP contribution in [0.15, 0.2) is 54.9 Å². The quantitative estimate of drug-likeness (QED) is 0.705. The summed E-state index contributed by atoms with van der Waals surface area (Å²) in [5.74, 6) is 0.218. The predicted octanol–water partition coefficient (Wildman–Crippen LogP) is 4.26. The Hall–Kier alpha value is -2.06. The lowest BCUT2D eigenvalue weighted by molar-refractivity contribution is 0.477. The standard InChI is InChI=1S/C15H10ClNO/c16-11-4-5-15(18)13(8-11)12-3-1-2-10-6-7-17-9-14(10)12/h1-9,18H. The van der Waals surface area contributed by atoms with Gasteiger partial charge in [0.15, 0.2) is 0 Å². The van der Waals surface area contributed by atoms with Crippen molar-refractivity contribution in [2.45, 2.75) is 0 Å². The van der Waals surface area contributed by atoms with Crippen LogP contribution in [0.4, 0.5) is 0 Å². The van der Waals surface area contributed by atoms with Crippen molar-refractivity contribution >= 4 is 22.4 Å². The third kappa shape index (κ3) is 1.81. The number of phenolic OH excluding ortho intramolecular Hbond substituents is 1. The van der Waals surface area contributed by atoms with Crippen LogP contribution in [0.1, 0.15) is 0 Å². The van der Waals surface area contributed by atoms with Gasteiger partial charge in [0.1, 0.15) is 5.75 Å². The van der Waals surface area contributed by atoms with E-state index in [2.05, 4.69) is 4.98 Å². The van der Waals surface area contributed by atoms with Crippen molar-refractivity contribution in [3.8, 4) is 16.9 Å². The minimum atomic E-state index is 0.218. The second-order valence-corrected chi connectivity index (χ2v) is 4.50. The van der Waals surface area contributed by atoms with Gasteiger partial charge in [-0.15, -0.1) is 0 Å². The molecular formula is C15H10ClNO. The Labute approximate surface area is 109 Å². The van der Waals surface area contributed by atoms with Gasteiger partial charge in [-0.2, -0.15) is 0 Å². The molecule has 2 aromatic carbocycles. The fraction of sp³-hybridized carbons (Fsp3) is 0. The highest BCUT2D eigenvalue weighted by molar-refractivity contribution is 6.31. The fourth-order valence-electron chi connectivity index (χ4n) is 2.07. The lowest BCUT2D eigenvalue weighted by Gasteiger charge is -2.08. The molecule has 0 saturated heterocycles. The number of aromatic nitrogens is 1. The van der Waals surface area contributed by atoms with E-state index in [9.17, 15) is 5.11 Å². The van der Waals surface area contributed by atoms with E-state index in [1.165, 1.54) is 0 Å². The minimum Gasteiger partial charge on any atom is -0.507 e. The largest absolute Gasteiger partial charge is 0.507 e. The van der Waals surface area contributed by atoms with Gasteiger partial charge >= 0.3 is 0 Å². The molecule has 3 heteroatoms. The summed E-state index contributed by atoms with van der Waals surface area (Å²) >= 11 is 5.99. The zero-order valence-corrected chi connectivity index (χ0v) is 10.2. The van der Waals surface area contributed by atoms with E-state index in [-0.39, 0.29) is 5.75 Å². The first-order valence-electron chi connectivity index (χ1n) is 5.57. The molecule has 0 unspecified atom stereocenters. The molecule has 18 heavy (non-hydrogen) atoms. The molecule has 0 amide bonds. The smallest absolute Gasteiger partial charge is 0.123 e. The molecule has 0 aliphatic heterocycles. The normalized spacial score (nSPS) is 10.7. The Balaban J connectivity index is 2.35. The molecule has 1 aromatic heterocycles. The van der Waals surface area contributed by atoms with Crippen LogP contribution in [0.3, 0.4) is 0 Å². The number of fused-ring (bicyclic) bond motifs is 1. The number of hydrogen-bond donors (Lipinski definition) is 1. The van der Waals surface area contributed by atoms with E-state index >= 15 is 0 Å². The van der Waals surface area contributed by atoms with Gasteiger partial charge in [-0.25, -0.2) is 0 Å². The average molecular weight is 256 g/mol. The number of nitrogens with zero attached hydrogens (tertiary/aromatic N) is 1. The van der Waals surface area contributed by atoms with Crippen LogP contribution in [0.5, 0.6) is 5.75 Å². The second kappa shape index (κ2) is 4.31. The van der Waals surface area contributed by atoms with Crippen molar-refractivity contribution in [1.82, 2.24) is 4.98 Å². The molecule has 1 N–H and O–H groups in total. The highest BCUT2D eigenvalue weighted by atomic mass is 35.5. The second-order valence-electron chi connectivity index (χ2n) is 4.06. The molecule has 0 spiro atoms. The van der Waals surface area contributed by atoms with Crippen LogP contribution >= 0.6 is 11.6 Å². The van der Waals surface area contributed by atoms with Crippen LogP contribution in [0, 0.1) is 0 Å². The van der Waals surface area contributed by atoms with Crippen LogP contribution in [-0.2, 0) is 0 Å². The first kappa shape index (κ1) is 11.1.